The van der Waals surface area contributed by atoms with Gasteiger partial charge in [-0.15, -0.1) is 0 Å². The molecule has 1 atom stereocenters. The van der Waals surface area contributed by atoms with Gasteiger partial charge >= 0.3 is 0 Å². The molecule has 1 aromatic carbocycles. The molecule has 0 unspecified atom stereocenters. The van der Waals surface area contributed by atoms with E-state index in [1.54, 1.807) is 12.1 Å². The lowest BCUT2D eigenvalue weighted by Gasteiger charge is -2.22. The molecule has 0 bridgehead atoms. The number of benzene rings is 1. The van der Waals surface area contributed by atoms with Gasteiger partial charge in [0.15, 0.2) is 6.71 Å². The van der Waals surface area contributed by atoms with E-state index in [4.69, 9.17) is 23.2 Å². The van der Waals surface area contributed by atoms with Crippen LogP contribution >= 0.6 is 23.2 Å². The molecule has 0 aliphatic carbocycles. The monoisotopic (exact) mass is 356 g/mol. The van der Waals surface area contributed by atoms with Gasteiger partial charge in [0.2, 0.25) is 5.91 Å². The lowest BCUT2D eigenvalue weighted by atomic mass is 9.47. The average molecular weight is 357 g/mol. The van der Waals surface area contributed by atoms with Crippen molar-refractivity contribution >= 4 is 41.7 Å². The number of amides is 2. The third-order valence-electron chi connectivity index (χ3n) is 3.46. The Balaban J connectivity index is 2.58. The van der Waals surface area contributed by atoms with Gasteiger partial charge in [-0.2, -0.15) is 0 Å². The van der Waals surface area contributed by atoms with Crippen LogP contribution in [-0.2, 0) is 4.79 Å². The minimum absolute atomic E-state index is 0.0918. The summed E-state index contributed by atoms with van der Waals surface area (Å²) in [5, 5.41) is 6.25. The van der Waals surface area contributed by atoms with E-state index in [9.17, 15) is 9.59 Å². The van der Waals surface area contributed by atoms with Crippen LogP contribution in [0.5, 0.6) is 0 Å². The van der Waals surface area contributed by atoms with Gasteiger partial charge in [-0.05, 0) is 30.5 Å². The summed E-state index contributed by atoms with van der Waals surface area (Å²) in [7, 11) is 0. The molecule has 0 saturated heterocycles. The Morgan fingerprint density at radius 2 is 1.87 bits per heavy atom. The summed E-state index contributed by atoms with van der Waals surface area (Å²) >= 11 is 11.8. The van der Waals surface area contributed by atoms with Crippen molar-refractivity contribution in [2.75, 3.05) is 6.54 Å². The highest BCUT2D eigenvalue weighted by Gasteiger charge is 2.20. The van der Waals surface area contributed by atoms with Crippen LogP contribution in [0.25, 0.3) is 0 Å². The van der Waals surface area contributed by atoms with Gasteiger partial charge < -0.3 is 10.6 Å². The quantitative estimate of drug-likeness (QED) is 0.734. The molecule has 0 aliphatic rings. The Morgan fingerprint density at radius 1 is 1.22 bits per heavy atom. The number of carbonyl (C=O) groups is 2. The maximum atomic E-state index is 12.1. The lowest BCUT2D eigenvalue weighted by Crippen LogP contribution is -2.47. The molecular formula is C16H23BCl2N2O2. The van der Waals surface area contributed by atoms with E-state index in [-0.39, 0.29) is 24.0 Å². The average Bonchev–Trinajstić information content (AvgIpc) is 2.46. The van der Waals surface area contributed by atoms with Crippen molar-refractivity contribution in [3.63, 3.8) is 0 Å². The van der Waals surface area contributed by atoms with E-state index in [0.29, 0.717) is 22.7 Å². The number of nitrogens with one attached hydrogen (secondary N) is 2. The van der Waals surface area contributed by atoms with Crippen molar-refractivity contribution in [1.82, 2.24) is 10.6 Å². The van der Waals surface area contributed by atoms with Crippen LogP contribution in [0.15, 0.2) is 18.2 Å². The zero-order chi connectivity index (χ0) is 17.6. The van der Waals surface area contributed by atoms with Crippen LogP contribution in [0.4, 0.5) is 0 Å². The molecule has 23 heavy (non-hydrogen) atoms. The van der Waals surface area contributed by atoms with Crippen LogP contribution in [0.2, 0.25) is 23.7 Å². The highest BCUT2D eigenvalue weighted by Crippen LogP contribution is 2.20. The molecule has 0 fully saturated rings. The van der Waals surface area contributed by atoms with Crippen molar-refractivity contribution in [2.45, 2.75) is 39.9 Å². The minimum Gasteiger partial charge on any atom is -0.359 e. The van der Waals surface area contributed by atoms with Crippen LogP contribution < -0.4 is 10.6 Å². The van der Waals surface area contributed by atoms with E-state index >= 15 is 0 Å². The number of hydrogen-bond donors (Lipinski definition) is 2. The molecule has 0 radical (unpaired) electrons. The summed E-state index contributed by atoms with van der Waals surface area (Å²) in [6.45, 7) is 8.60. The highest BCUT2D eigenvalue weighted by molar-refractivity contribution is 6.57. The molecule has 0 heterocycles. The van der Waals surface area contributed by atoms with Crippen LogP contribution in [0.1, 0.15) is 30.6 Å². The molecule has 1 aromatic rings. The molecule has 0 aliphatic heterocycles. The standard InChI is InChI=1S/C16H23BCl2N2O2/c1-10(2)7-14(17(3)4)21-15(22)9-20-16(23)12-8-11(18)5-6-13(12)19/h5-6,8,10,14H,7,9H2,1-4H3,(H,20,23)(H,21,22)/t14-/m0/s1. The predicted molar refractivity (Wildman–Crippen MR) is 97.7 cm³/mol. The molecule has 0 spiro atoms. The minimum atomic E-state index is -0.419. The second-order valence-corrected chi connectivity index (χ2v) is 7.20. The zero-order valence-electron chi connectivity index (χ0n) is 14.0. The Bertz CT molecular complexity index is 565. The van der Waals surface area contributed by atoms with E-state index in [2.05, 4.69) is 38.1 Å². The maximum absolute atomic E-state index is 12.1. The Kier molecular flexibility index (Phi) is 7.93. The Hall–Kier alpha value is -1.20. The molecular weight excluding hydrogens is 334 g/mol. The Labute approximate surface area is 148 Å². The molecule has 4 nitrogen and oxygen atoms in total. The Morgan fingerprint density at radius 3 is 2.43 bits per heavy atom. The van der Waals surface area contributed by atoms with Crippen LogP contribution in [0, 0.1) is 5.92 Å². The molecule has 126 valence electrons. The van der Waals surface area contributed by atoms with Gasteiger partial charge in [-0.25, -0.2) is 0 Å². The first-order chi connectivity index (χ1) is 10.7. The molecule has 0 saturated carbocycles. The molecule has 7 heteroatoms. The largest absolute Gasteiger partial charge is 0.359 e. The first kappa shape index (κ1) is 19.9. The fraction of sp³-hybridized carbons (Fsp3) is 0.500. The fourth-order valence-corrected chi connectivity index (χ4v) is 2.57. The van der Waals surface area contributed by atoms with Gasteiger partial charge in [0.25, 0.3) is 5.91 Å². The van der Waals surface area contributed by atoms with E-state index in [1.165, 1.54) is 6.07 Å². The smallest absolute Gasteiger partial charge is 0.253 e. The summed E-state index contributed by atoms with van der Waals surface area (Å²) in [5.74, 6) is -0.0508. The maximum Gasteiger partial charge on any atom is 0.253 e. The molecule has 2 amide bonds. The first-order valence-electron chi connectivity index (χ1n) is 7.73. The summed E-state index contributed by atoms with van der Waals surface area (Å²) in [5.41, 5.74) is 0.259. The van der Waals surface area contributed by atoms with Crippen molar-refractivity contribution in [3.8, 4) is 0 Å². The van der Waals surface area contributed by atoms with E-state index in [1.807, 2.05) is 0 Å². The summed E-state index contributed by atoms with van der Waals surface area (Å²) in [4.78, 5) is 24.1. The van der Waals surface area contributed by atoms with Crippen molar-refractivity contribution in [3.05, 3.63) is 33.8 Å². The van der Waals surface area contributed by atoms with Gasteiger partial charge in [0, 0.05) is 11.0 Å². The number of rotatable bonds is 7. The highest BCUT2D eigenvalue weighted by atomic mass is 35.5. The molecule has 0 aromatic heterocycles. The first-order valence-corrected chi connectivity index (χ1v) is 8.49. The normalized spacial score (nSPS) is 12.0. The third-order valence-corrected chi connectivity index (χ3v) is 4.02. The van der Waals surface area contributed by atoms with Crippen LogP contribution in [0.3, 0.4) is 0 Å². The van der Waals surface area contributed by atoms with Gasteiger partial charge in [-0.1, -0.05) is 50.7 Å². The summed E-state index contributed by atoms with van der Waals surface area (Å²) < 4.78 is 0. The van der Waals surface area contributed by atoms with E-state index in [0.717, 1.165) is 6.42 Å². The second-order valence-electron chi connectivity index (χ2n) is 6.35. The fourth-order valence-electron chi connectivity index (χ4n) is 2.19. The number of carbonyl (C=O) groups excluding carboxylic acids is 2. The SMILES string of the molecule is CB(C)[C@H](CC(C)C)NC(=O)CNC(=O)c1cc(Cl)ccc1Cl. The summed E-state index contributed by atoms with van der Waals surface area (Å²) in [6, 6.07) is 4.63. The zero-order valence-corrected chi connectivity index (χ0v) is 15.5. The predicted octanol–water partition coefficient (Wildman–Crippen LogP) is 3.55. The van der Waals surface area contributed by atoms with Gasteiger partial charge in [-0.3, -0.25) is 9.59 Å². The van der Waals surface area contributed by atoms with Crippen molar-refractivity contribution in [2.24, 2.45) is 5.92 Å². The lowest BCUT2D eigenvalue weighted by molar-refractivity contribution is -0.120. The number of hydrogen-bond acceptors (Lipinski definition) is 2. The molecule has 1 rings (SSSR count). The van der Waals surface area contributed by atoms with Crippen LogP contribution in [-0.4, -0.2) is 31.0 Å². The third kappa shape index (κ3) is 6.84. The number of halogens is 2. The second kappa shape index (κ2) is 9.19. The topological polar surface area (TPSA) is 58.2 Å². The summed E-state index contributed by atoms with van der Waals surface area (Å²) in [6.07, 6.45) is 0.900. The van der Waals surface area contributed by atoms with Gasteiger partial charge in [0.05, 0.1) is 17.1 Å². The van der Waals surface area contributed by atoms with Crippen molar-refractivity contribution in [1.29, 1.82) is 0 Å². The van der Waals surface area contributed by atoms with Crippen molar-refractivity contribution < 1.29 is 9.59 Å². The molecule has 2 N–H and O–H groups in total. The van der Waals surface area contributed by atoms with E-state index < -0.39 is 5.91 Å². The van der Waals surface area contributed by atoms with Gasteiger partial charge in [0.1, 0.15) is 0 Å².